The number of nitrogens with zero attached hydrogens (tertiary/aromatic N) is 1. The van der Waals surface area contributed by atoms with Crippen LogP contribution in [0.15, 0.2) is 42.5 Å². The van der Waals surface area contributed by atoms with Crippen LogP contribution in [0.1, 0.15) is 59.3 Å². The Bertz CT molecular complexity index is 998. The summed E-state index contributed by atoms with van der Waals surface area (Å²) in [5.74, 6) is -0.195. The summed E-state index contributed by atoms with van der Waals surface area (Å²) in [6.45, 7) is 4.88. The van der Waals surface area contributed by atoms with Gasteiger partial charge in [0.05, 0.1) is 0 Å². The number of carbonyl (C=O) groups excluding carboxylic acids is 1. The molecule has 3 aromatic rings. The highest BCUT2D eigenvalue weighted by Gasteiger charge is 2.18. The topological polar surface area (TPSA) is 34.0 Å². The quantitative estimate of drug-likeness (QED) is 0.638. The van der Waals surface area contributed by atoms with Gasteiger partial charge in [-0.15, -0.1) is 0 Å². The van der Waals surface area contributed by atoms with Gasteiger partial charge in [-0.05, 0) is 68.1 Å². The Morgan fingerprint density at radius 3 is 2.50 bits per heavy atom. The maximum Gasteiger partial charge on any atom is 0.251 e. The van der Waals surface area contributed by atoms with Gasteiger partial charge in [0.2, 0.25) is 0 Å². The van der Waals surface area contributed by atoms with Crippen molar-refractivity contribution in [2.24, 2.45) is 0 Å². The van der Waals surface area contributed by atoms with Gasteiger partial charge in [-0.2, -0.15) is 0 Å². The molecule has 0 aliphatic heterocycles. The second kappa shape index (κ2) is 7.78. The van der Waals surface area contributed by atoms with Crippen LogP contribution in [0.3, 0.4) is 0 Å². The van der Waals surface area contributed by atoms with Crippen molar-refractivity contribution in [1.29, 1.82) is 0 Å². The third-order valence-electron chi connectivity index (χ3n) is 6.10. The normalized spacial score (nSPS) is 15.1. The van der Waals surface area contributed by atoms with E-state index < -0.39 is 0 Å². The van der Waals surface area contributed by atoms with Crippen LogP contribution in [0.4, 0.5) is 4.39 Å². The molecule has 0 saturated heterocycles. The summed E-state index contributed by atoms with van der Waals surface area (Å²) < 4.78 is 15.4. The molecule has 0 unspecified atom stereocenters. The number of aryl methyl sites for hydroxylation is 1. The molecule has 0 bridgehead atoms. The maximum atomic E-state index is 13.2. The molecule has 1 saturated carbocycles. The smallest absolute Gasteiger partial charge is 0.251 e. The molecule has 146 valence electrons. The predicted molar refractivity (Wildman–Crippen MR) is 111 cm³/mol. The average molecular weight is 378 g/mol. The van der Waals surface area contributed by atoms with Crippen LogP contribution in [0.5, 0.6) is 0 Å². The van der Waals surface area contributed by atoms with E-state index in [0.717, 1.165) is 34.9 Å². The summed E-state index contributed by atoms with van der Waals surface area (Å²) in [5.41, 5.74) is 5.24. The number of aromatic nitrogens is 1. The van der Waals surface area contributed by atoms with Gasteiger partial charge in [-0.25, -0.2) is 4.39 Å². The van der Waals surface area contributed by atoms with E-state index in [1.54, 1.807) is 0 Å². The standard InChI is InChI=1S/C24H27FN2O/c1-16-17(2)27(15-18-8-11-20(25)12-9-18)23-13-10-19(14-22(16)23)24(28)26-21-6-4-3-5-7-21/h8-14,21H,3-7,15H2,1-2H3,(H,26,28). The van der Waals surface area contributed by atoms with E-state index in [9.17, 15) is 9.18 Å². The molecule has 1 N–H and O–H groups in total. The summed E-state index contributed by atoms with van der Waals surface area (Å²) in [5, 5.41) is 4.31. The molecule has 1 fully saturated rings. The minimum atomic E-state index is -0.220. The number of rotatable bonds is 4. The number of amides is 1. The second-order valence-corrected chi connectivity index (χ2v) is 7.96. The molecule has 1 amide bonds. The van der Waals surface area contributed by atoms with Gasteiger partial charge in [0.1, 0.15) is 5.82 Å². The molecule has 1 heterocycles. The molecule has 0 radical (unpaired) electrons. The Morgan fingerprint density at radius 1 is 1.07 bits per heavy atom. The van der Waals surface area contributed by atoms with Crippen LogP contribution in [0, 0.1) is 19.7 Å². The van der Waals surface area contributed by atoms with Crippen molar-refractivity contribution in [3.63, 3.8) is 0 Å². The van der Waals surface area contributed by atoms with Crippen LogP contribution in [-0.2, 0) is 6.54 Å². The number of benzene rings is 2. The molecule has 1 aliphatic carbocycles. The lowest BCUT2D eigenvalue weighted by molar-refractivity contribution is 0.0928. The van der Waals surface area contributed by atoms with Gasteiger partial charge in [-0.3, -0.25) is 4.79 Å². The monoisotopic (exact) mass is 378 g/mol. The maximum absolute atomic E-state index is 13.2. The molecule has 3 nitrogen and oxygen atoms in total. The number of nitrogens with one attached hydrogen (secondary N) is 1. The van der Waals surface area contributed by atoms with Gasteiger partial charge in [-0.1, -0.05) is 31.4 Å². The lowest BCUT2D eigenvalue weighted by atomic mass is 9.95. The zero-order chi connectivity index (χ0) is 19.7. The highest BCUT2D eigenvalue weighted by molar-refractivity contribution is 5.99. The molecule has 0 atom stereocenters. The first-order chi connectivity index (χ1) is 13.5. The minimum absolute atomic E-state index is 0.0251. The van der Waals surface area contributed by atoms with E-state index >= 15 is 0 Å². The van der Waals surface area contributed by atoms with E-state index in [1.807, 2.05) is 30.3 Å². The molecule has 0 spiro atoms. The van der Waals surface area contributed by atoms with E-state index in [1.165, 1.54) is 42.7 Å². The highest BCUT2D eigenvalue weighted by Crippen LogP contribution is 2.27. The van der Waals surface area contributed by atoms with Crippen LogP contribution in [0.25, 0.3) is 10.9 Å². The molecule has 4 rings (SSSR count). The number of hydrogen-bond acceptors (Lipinski definition) is 1. The average Bonchev–Trinajstić information content (AvgIpc) is 2.95. The van der Waals surface area contributed by atoms with Crippen molar-refractivity contribution in [1.82, 2.24) is 9.88 Å². The summed E-state index contributed by atoms with van der Waals surface area (Å²) in [6, 6.07) is 12.9. The molecule has 2 aromatic carbocycles. The first-order valence-corrected chi connectivity index (χ1v) is 10.2. The zero-order valence-electron chi connectivity index (χ0n) is 16.6. The lowest BCUT2D eigenvalue weighted by Crippen LogP contribution is -2.36. The van der Waals surface area contributed by atoms with E-state index in [0.29, 0.717) is 12.6 Å². The molecular weight excluding hydrogens is 351 g/mol. The highest BCUT2D eigenvalue weighted by atomic mass is 19.1. The first-order valence-electron chi connectivity index (χ1n) is 10.2. The zero-order valence-corrected chi connectivity index (χ0v) is 16.6. The Kier molecular flexibility index (Phi) is 5.21. The Labute approximate surface area is 165 Å². The predicted octanol–water partition coefficient (Wildman–Crippen LogP) is 5.51. The largest absolute Gasteiger partial charge is 0.349 e. The van der Waals surface area contributed by atoms with Crippen LogP contribution < -0.4 is 5.32 Å². The fourth-order valence-corrected chi connectivity index (χ4v) is 4.28. The first kappa shape index (κ1) is 18.7. The number of halogens is 1. The minimum Gasteiger partial charge on any atom is -0.349 e. The molecule has 1 aromatic heterocycles. The third kappa shape index (κ3) is 3.68. The number of carbonyl (C=O) groups is 1. The van der Waals surface area contributed by atoms with Gasteiger partial charge in [0, 0.05) is 34.7 Å². The fraction of sp³-hybridized carbons (Fsp3) is 0.375. The van der Waals surface area contributed by atoms with E-state index in [4.69, 9.17) is 0 Å². The van der Waals surface area contributed by atoms with Crippen molar-refractivity contribution in [2.45, 2.75) is 58.5 Å². The van der Waals surface area contributed by atoms with Gasteiger partial charge in [0.25, 0.3) is 5.91 Å². The van der Waals surface area contributed by atoms with Crippen molar-refractivity contribution in [2.75, 3.05) is 0 Å². The van der Waals surface area contributed by atoms with Gasteiger partial charge >= 0.3 is 0 Å². The van der Waals surface area contributed by atoms with Crippen LogP contribution in [-0.4, -0.2) is 16.5 Å². The second-order valence-electron chi connectivity index (χ2n) is 7.96. The van der Waals surface area contributed by atoms with Crippen molar-refractivity contribution in [3.8, 4) is 0 Å². The number of hydrogen-bond donors (Lipinski definition) is 1. The summed E-state index contributed by atoms with van der Waals surface area (Å²) in [4.78, 5) is 12.7. The third-order valence-corrected chi connectivity index (χ3v) is 6.10. The summed E-state index contributed by atoms with van der Waals surface area (Å²) >= 11 is 0. The van der Waals surface area contributed by atoms with Crippen molar-refractivity contribution in [3.05, 3.63) is 70.7 Å². The molecular formula is C24H27FN2O. The SMILES string of the molecule is Cc1c(C)n(Cc2ccc(F)cc2)c2ccc(C(=O)NC3CCCCC3)cc12. The van der Waals surface area contributed by atoms with Gasteiger partial charge < -0.3 is 9.88 Å². The Morgan fingerprint density at radius 2 is 1.79 bits per heavy atom. The summed E-state index contributed by atoms with van der Waals surface area (Å²) in [6.07, 6.45) is 5.85. The fourth-order valence-electron chi connectivity index (χ4n) is 4.28. The molecule has 1 aliphatic rings. The van der Waals surface area contributed by atoms with Crippen molar-refractivity contribution < 1.29 is 9.18 Å². The van der Waals surface area contributed by atoms with Gasteiger partial charge in [0.15, 0.2) is 0 Å². The number of fused-ring (bicyclic) bond motifs is 1. The molecule has 4 heteroatoms. The lowest BCUT2D eigenvalue weighted by Gasteiger charge is -2.22. The molecule has 28 heavy (non-hydrogen) atoms. The van der Waals surface area contributed by atoms with E-state index in [-0.39, 0.29) is 11.7 Å². The van der Waals surface area contributed by atoms with Crippen molar-refractivity contribution >= 4 is 16.8 Å². The van der Waals surface area contributed by atoms with Crippen LogP contribution in [0.2, 0.25) is 0 Å². The Hall–Kier alpha value is -2.62. The summed E-state index contributed by atoms with van der Waals surface area (Å²) in [7, 11) is 0. The van der Waals surface area contributed by atoms with E-state index in [2.05, 4.69) is 23.7 Å². The Balaban J connectivity index is 1.62. The van der Waals surface area contributed by atoms with Crippen LogP contribution >= 0.6 is 0 Å².